The van der Waals surface area contributed by atoms with Crippen LogP contribution >= 0.6 is 0 Å². The molecule has 0 fully saturated rings. The minimum atomic E-state index is -0.120. The molecule has 0 spiro atoms. The minimum Gasteiger partial charge on any atom is -0.385 e. The van der Waals surface area contributed by atoms with Crippen LogP contribution in [-0.4, -0.2) is 59.5 Å². The monoisotopic (exact) mass is 449 g/mol. The van der Waals surface area contributed by atoms with Crippen LogP contribution in [0.25, 0.3) is 10.8 Å². The van der Waals surface area contributed by atoms with Crippen molar-refractivity contribution in [3.63, 3.8) is 0 Å². The Morgan fingerprint density at radius 3 is 2.42 bits per heavy atom. The molecule has 0 atom stereocenters. The molecular formula is C27H35N3O3. The third-order valence-corrected chi connectivity index (χ3v) is 5.95. The van der Waals surface area contributed by atoms with Gasteiger partial charge in [-0.3, -0.25) is 9.59 Å². The standard InChI is InChI=1S/C27H35N3O3/c1-4-5-17-29(20-23-13-9-16-28(23)2)26(31)21-30(18-10-19-33-3)27(32)25-15-8-12-22-11-6-7-14-24(22)25/h6-9,11-16H,4-5,10,17-21H2,1-3H3. The predicted octanol–water partition coefficient (Wildman–Crippen LogP) is 4.49. The Hall–Kier alpha value is -3.12. The topological polar surface area (TPSA) is 54.8 Å². The molecule has 0 saturated heterocycles. The maximum Gasteiger partial charge on any atom is 0.254 e. The fraction of sp³-hybridized carbons (Fsp3) is 0.407. The number of aromatic nitrogens is 1. The number of fused-ring (bicyclic) bond motifs is 1. The van der Waals surface area contributed by atoms with E-state index in [1.165, 1.54) is 0 Å². The quantitative estimate of drug-likeness (QED) is 0.383. The van der Waals surface area contributed by atoms with Crippen molar-refractivity contribution in [3.8, 4) is 0 Å². The van der Waals surface area contributed by atoms with Crippen LogP contribution < -0.4 is 0 Å². The number of carbonyl (C=O) groups is 2. The molecule has 0 radical (unpaired) electrons. The highest BCUT2D eigenvalue weighted by Gasteiger charge is 2.23. The number of methoxy groups -OCH3 is 1. The summed E-state index contributed by atoms with van der Waals surface area (Å²) in [5.74, 6) is -0.152. The summed E-state index contributed by atoms with van der Waals surface area (Å²) < 4.78 is 7.23. The Balaban J connectivity index is 1.83. The second kappa shape index (κ2) is 12.2. The Labute approximate surface area is 196 Å². The summed E-state index contributed by atoms with van der Waals surface area (Å²) in [4.78, 5) is 30.6. The fourth-order valence-electron chi connectivity index (χ4n) is 3.99. The zero-order chi connectivity index (χ0) is 23.6. The zero-order valence-electron chi connectivity index (χ0n) is 20.0. The van der Waals surface area contributed by atoms with Gasteiger partial charge in [-0.05, 0) is 41.8 Å². The van der Waals surface area contributed by atoms with Crippen LogP contribution in [0.1, 0.15) is 42.2 Å². The Bertz CT molecular complexity index is 1050. The third-order valence-electron chi connectivity index (χ3n) is 5.95. The molecule has 3 aromatic rings. The van der Waals surface area contributed by atoms with E-state index in [0.717, 1.165) is 29.3 Å². The lowest BCUT2D eigenvalue weighted by molar-refractivity contribution is -0.132. The predicted molar refractivity (Wildman–Crippen MR) is 132 cm³/mol. The summed E-state index contributed by atoms with van der Waals surface area (Å²) in [6.45, 7) is 4.39. The van der Waals surface area contributed by atoms with Gasteiger partial charge in [0.15, 0.2) is 0 Å². The van der Waals surface area contributed by atoms with Crippen molar-refractivity contribution >= 4 is 22.6 Å². The van der Waals surface area contributed by atoms with Crippen molar-refractivity contribution in [1.82, 2.24) is 14.4 Å². The fourth-order valence-corrected chi connectivity index (χ4v) is 3.99. The van der Waals surface area contributed by atoms with Gasteiger partial charge in [0.05, 0.1) is 6.54 Å². The van der Waals surface area contributed by atoms with E-state index < -0.39 is 0 Å². The first kappa shape index (κ1) is 24.5. The van der Waals surface area contributed by atoms with Crippen LogP contribution in [0.2, 0.25) is 0 Å². The molecule has 0 unspecified atom stereocenters. The highest BCUT2D eigenvalue weighted by atomic mass is 16.5. The maximum atomic E-state index is 13.6. The van der Waals surface area contributed by atoms with E-state index >= 15 is 0 Å². The third kappa shape index (κ3) is 6.45. The number of benzene rings is 2. The minimum absolute atomic E-state index is 0.0318. The average molecular weight is 450 g/mol. The molecule has 2 aromatic carbocycles. The molecule has 1 aromatic heterocycles. The number of hydrogen-bond donors (Lipinski definition) is 0. The Kier molecular flexibility index (Phi) is 9.07. The van der Waals surface area contributed by atoms with Gasteiger partial charge in [-0.25, -0.2) is 0 Å². The lowest BCUT2D eigenvalue weighted by Gasteiger charge is -2.28. The molecule has 0 bridgehead atoms. The molecule has 3 rings (SSSR count). The van der Waals surface area contributed by atoms with Gasteiger partial charge < -0.3 is 19.1 Å². The summed E-state index contributed by atoms with van der Waals surface area (Å²) in [6.07, 6.45) is 4.59. The zero-order valence-corrected chi connectivity index (χ0v) is 20.0. The molecule has 0 saturated carbocycles. The van der Waals surface area contributed by atoms with Crippen LogP contribution in [0.3, 0.4) is 0 Å². The van der Waals surface area contributed by atoms with E-state index in [2.05, 4.69) is 6.92 Å². The number of carbonyl (C=O) groups excluding carboxylic acids is 2. The molecule has 0 aliphatic carbocycles. The summed E-state index contributed by atoms with van der Waals surface area (Å²) in [6, 6.07) is 17.6. The summed E-state index contributed by atoms with van der Waals surface area (Å²) in [5.41, 5.74) is 1.70. The van der Waals surface area contributed by atoms with E-state index in [1.54, 1.807) is 12.0 Å². The molecular weight excluding hydrogens is 414 g/mol. The first-order valence-corrected chi connectivity index (χ1v) is 11.7. The Morgan fingerprint density at radius 2 is 1.70 bits per heavy atom. The van der Waals surface area contributed by atoms with Crippen molar-refractivity contribution in [2.75, 3.05) is 33.4 Å². The van der Waals surface area contributed by atoms with Gasteiger partial charge in [0.1, 0.15) is 6.54 Å². The van der Waals surface area contributed by atoms with Crippen molar-refractivity contribution in [1.29, 1.82) is 0 Å². The van der Waals surface area contributed by atoms with Crippen molar-refractivity contribution in [2.45, 2.75) is 32.7 Å². The number of ether oxygens (including phenoxy) is 1. The van der Waals surface area contributed by atoms with Gasteiger partial charge in [-0.15, -0.1) is 0 Å². The SMILES string of the molecule is CCCCN(Cc1cccn1C)C(=O)CN(CCCOC)C(=O)c1cccc2ccccc12. The summed E-state index contributed by atoms with van der Waals surface area (Å²) in [7, 11) is 3.63. The summed E-state index contributed by atoms with van der Waals surface area (Å²) >= 11 is 0. The van der Waals surface area contributed by atoms with Gasteiger partial charge in [0, 0.05) is 51.3 Å². The van der Waals surface area contributed by atoms with Crippen LogP contribution in [-0.2, 0) is 23.1 Å². The van der Waals surface area contributed by atoms with E-state index in [-0.39, 0.29) is 18.4 Å². The highest BCUT2D eigenvalue weighted by molar-refractivity contribution is 6.07. The van der Waals surface area contributed by atoms with Crippen molar-refractivity contribution in [3.05, 3.63) is 72.1 Å². The first-order chi connectivity index (χ1) is 16.0. The van der Waals surface area contributed by atoms with Gasteiger partial charge in [-0.1, -0.05) is 49.7 Å². The number of aryl methyl sites for hydroxylation is 1. The van der Waals surface area contributed by atoms with E-state index in [9.17, 15) is 9.59 Å². The molecule has 176 valence electrons. The Morgan fingerprint density at radius 1 is 0.939 bits per heavy atom. The first-order valence-electron chi connectivity index (χ1n) is 11.7. The average Bonchev–Trinajstić information content (AvgIpc) is 3.24. The van der Waals surface area contributed by atoms with E-state index in [4.69, 9.17) is 4.74 Å². The van der Waals surface area contributed by atoms with E-state index in [1.807, 2.05) is 77.3 Å². The highest BCUT2D eigenvalue weighted by Crippen LogP contribution is 2.20. The normalized spacial score (nSPS) is 11.0. The molecule has 0 aliphatic rings. The van der Waals surface area contributed by atoms with Crippen molar-refractivity contribution < 1.29 is 14.3 Å². The lowest BCUT2D eigenvalue weighted by atomic mass is 10.0. The second-order valence-corrected chi connectivity index (χ2v) is 8.38. The lowest BCUT2D eigenvalue weighted by Crippen LogP contribution is -2.43. The van der Waals surface area contributed by atoms with E-state index in [0.29, 0.717) is 38.2 Å². The number of nitrogens with zero attached hydrogens (tertiary/aromatic N) is 3. The molecule has 6 nitrogen and oxygen atoms in total. The second-order valence-electron chi connectivity index (χ2n) is 8.38. The van der Waals surface area contributed by atoms with Crippen LogP contribution in [0.15, 0.2) is 60.8 Å². The van der Waals surface area contributed by atoms with Gasteiger partial charge in [0.25, 0.3) is 5.91 Å². The van der Waals surface area contributed by atoms with Crippen LogP contribution in [0.5, 0.6) is 0 Å². The number of unbranched alkanes of at least 4 members (excludes halogenated alkanes) is 1. The van der Waals surface area contributed by atoms with Gasteiger partial charge in [-0.2, -0.15) is 0 Å². The van der Waals surface area contributed by atoms with Crippen LogP contribution in [0.4, 0.5) is 0 Å². The maximum absolute atomic E-state index is 13.6. The molecule has 1 heterocycles. The van der Waals surface area contributed by atoms with Gasteiger partial charge in [0.2, 0.25) is 5.91 Å². The molecule has 2 amide bonds. The van der Waals surface area contributed by atoms with Crippen LogP contribution in [0, 0.1) is 0 Å². The largest absolute Gasteiger partial charge is 0.385 e. The number of rotatable bonds is 12. The molecule has 33 heavy (non-hydrogen) atoms. The van der Waals surface area contributed by atoms with Gasteiger partial charge >= 0.3 is 0 Å². The molecule has 0 aliphatic heterocycles. The number of amides is 2. The summed E-state index contributed by atoms with van der Waals surface area (Å²) in [5, 5.41) is 1.92. The molecule has 0 N–H and O–H groups in total. The smallest absolute Gasteiger partial charge is 0.254 e. The van der Waals surface area contributed by atoms with Crippen molar-refractivity contribution in [2.24, 2.45) is 7.05 Å². The number of hydrogen-bond acceptors (Lipinski definition) is 3. The molecule has 6 heteroatoms.